The molecule has 0 saturated carbocycles. The zero-order valence-electron chi connectivity index (χ0n) is 60.8. The molecule has 22 aromatic rings. The van der Waals surface area contributed by atoms with Crippen LogP contribution in [0.5, 0.6) is 0 Å². The van der Waals surface area contributed by atoms with Gasteiger partial charge in [0.05, 0.1) is 77.9 Å². The van der Waals surface area contributed by atoms with Gasteiger partial charge in [-0.3, -0.25) is 9.97 Å². The number of pyridine rings is 4. The highest BCUT2D eigenvalue weighted by atomic mass is 15.0. The van der Waals surface area contributed by atoms with Crippen LogP contribution in [0.2, 0.25) is 0 Å². The fourth-order valence-corrected chi connectivity index (χ4v) is 16.9. The summed E-state index contributed by atoms with van der Waals surface area (Å²) in [6.07, 6.45) is 3.80. The van der Waals surface area contributed by atoms with Crippen LogP contribution in [0.15, 0.2) is 413 Å². The number of hydrogen-bond acceptors (Lipinski definition) is 4. The van der Waals surface area contributed by atoms with E-state index in [1.165, 1.54) is 54.7 Å². The number of rotatable bonds is 12. The molecule has 0 aliphatic carbocycles. The van der Waals surface area contributed by atoms with E-state index in [2.05, 4.69) is 388 Å². The minimum atomic E-state index is 0.927. The second-order valence-corrected chi connectivity index (χ2v) is 28.5. The quantitative estimate of drug-likeness (QED) is 0.122. The lowest BCUT2D eigenvalue weighted by molar-refractivity contribution is 1.17. The van der Waals surface area contributed by atoms with E-state index in [-0.39, 0.29) is 0 Å². The topological polar surface area (TPSA) is 71.3 Å². The lowest BCUT2D eigenvalue weighted by Crippen LogP contribution is -1.96. The van der Waals surface area contributed by atoms with Crippen molar-refractivity contribution in [1.29, 1.82) is 0 Å². The third-order valence-corrected chi connectivity index (χ3v) is 21.9. The van der Waals surface area contributed by atoms with Crippen molar-refractivity contribution in [2.45, 2.75) is 0 Å². The zero-order chi connectivity index (χ0) is 74.0. The highest BCUT2D eigenvalue weighted by Gasteiger charge is 2.23. The molecular formula is C104H68N8. The van der Waals surface area contributed by atoms with Gasteiger partial charge in [-0.25, -0.2) is 9.97 Å². The Balaban J connectivity index is 0.000000141. The Kier molecular flexibility index (Phi) is 16.1. The normalized spacial score (nSPS) is 11.6. The summed E-state index contributed by atoms with van der Waals surface area (Å²) in [6, 6.07) is 142. The number of aromatic nitrogens is 8. The zero-order valence-corrected chi connectivity index (χ0v) is 60.8. The second-order valence-electron chi connectivity index (χ2n) is 28.5. The van der Waals surface area contributed by atoms with Crippen molar-refractivity contribution < 1.29 is 0 Å². The minimum Gasteiger partial charge on any atom is -0.309 e. The molecule has 0 unspecified atom stereocenters. The fraction of sp³-hybridized carbons (Fsp3) is 0. The third-order valence-electron chi connectivity index (χ3n) is 21.9. The van der Waals surface area contributed by atoms with Crippen LogP contribution in [-0.2, 0) is 0 Å². The third kappa shape index (κ3) is 11.4. The Morgan fingerprint density at radius 3 is 0.929 bits per heavy atom. The molecule has 8 heterocycles. The monoisotopic (exact) mass is 1430 g/mol. The summed E-state index contributed by atoms with van der Waals surface area (Å²) in [6.45, 7) is 0. The maximum atomic E-state index is 5.24. The van der Waals surface area contributed by atoms with Gasteiger partial charge >= 0.3 is 0 Å². The van der Waals surface area contributed by atoms with Crippen LogP contribution in [0.4, 0.5) is 0 Å². The first-order valence-corrected chi connectivity index (χ1v) is 38.0. The standard InChI is InChI=1S/2C52H34N4/c1-4-15-35(16-5-1)39-33-45(36-17-6-2-7-18-36)54-46(34-39)38-19-12-22-41(31-38)56-48-29-28-37(32-44(48)52-50(56)27-14-30-53-52)42-24-13-26-49-51(42)43-23-10-11-25-47(43)55(49)40-20-8-3-9-21-40;1-4-15-35(16-5-1)45-33-39(34-46(54-45)36-17-6-2-7-18-36)37-19-12-22-41(31-37)56-48-29-28-38(32-44(48)52-50(56)27-14-30-53-52)42-24-13-26-49-51(42)43-23-10-11-25-47(43)55(49)40-20-8-3-9-21-40/h2*1-34H. The van der Waals surface area contributed by atoms with E-state index in [1.54, 1.807) is 0 Å². The summed E-state index contributed by atoms with van der Waals surface area (Å²) in [4.78, 5) is 20.3. The van der Waals surface area contributed by atoms with Crippen LogP contribution >= 0.6 is 0 Å². The highest BCUT2D eigenvalue weighted by Crippen LogP contribution is 2.45. The molecule has 0 radical (unpaired) electrons. The van der Waals surface area contributed by atoms with Gasteiger partial charge in [-0.05, 0) is 190 Å². The molecular weight excluding hydrogens is 1360 g/mol. The van der Waals surface area contributed by atoms with Crippen molar-refractivity contribution >= 4 is 87.5 Å². The molecule has 0 aliphatic rings. The van der Waals surface area contributed by atoms with Crippen LogP contribution in [0.1, 0.15) is 0 Å². The average molecular weight is 1430 g/mol. The molecule has 112 heavy (non-hydrogen) atoms. The van der Waals surface area contributed by atoms with Crippen molar-refractivity contribution in [3.05, 3.63) is 413 Å². The van der Waals surface area contributed by atoms with Crippen LogP contribution in [-0.4, -0.2) is 38.2 Å². The summed E-state index contributed by atoms with van der Waals surface area (Å²) in [5.74, 6) is 0. The molecule has 0 N–H and O–H groups in total. The number of hydrogen-bond donors (Lipinski definition) is 0. The summed E-state index contributed by atoms with van der Waals surface area (Å²) in [7, 11) is 0. The lowest BCUT2D eigenvalue weighted by atomic mass is 9.98. The van der Waals surface area contributed by atoms with Gasteiger partial charge in [-0.2, -0.15) is 0 Å². The summed E-state index contributed by atoms with van der Waals surface area (Å²) in [5, 5.41) is 7.20. The second kappa shape index (κ2) is 27.6. The van der Waals surface area contributed by atoms with Crippen LogP contribution in [0.3, 0.4) is 0 Å². The number of fused-ring (bicyclic) bond motifs is 12. The molecule has 0 fully saturated rings. The fourth-order valence-electron chi connectivity index (χ4n) is 16.9. The van der Waals surface area contributed by atoms with Crippen molar-refractivity contribution in [1.82, 2.24) is 38.2 Å². The van der Waals surface area contributed by atoms with Gasteiger partial charge in [0.25, 0.3) is 0 Å². The molecule has 0 amide bonds. The van der Waals surface area contributed by atoms with E-state index in [1.807, 2.05) is 42.7 Å². The van der Waals surface area contributed by atoms with Crippen LogP contribution in [0, 0.1) is 0 Å². The van der Waals surface area contributed by atoms with E-state index >= 15 is 0 Å². The van der Waals surface area contributed by atoms with Crippen molar-refractivity contribution in [2.75, 3.05) is 0 Å². The Morgan fingerprint density at radius 2 is 0.482 bits per heavy atom. The van der Waals surface area contributed by atoms with E-state index in [4.69, 9.17) is 19.9 Å². The minimum absolute atomic E-state index is 0.927. The van der Waals surface area contributed by atoms with Crippen molar-refractivity contribution in [3.63, 3.8) is 0 Å². The Hall–Kier alpha value is -15.1. The maximum Gasteiger partial charge on any atom is 0.0963 e. The van der Waals surface area contributed by atoms with Gasteiger partial charge in [0, 0.05) is 89.7 Å². The number of nitrogens with zero attached hydrogens (tertiary/aromatic N) is 8. The SMILES string of the molecule is c1ccc(-c2cc(-c3cccc(-n4c5ccc(-c6cccc7c6c6ccccc6n7-c6ccccc6)cc5c5ncccc54)c3)cc(-c3ccccc3)n2)cc1.c1ccc(-c2cc(-c3ccccc3)nc(-c3cccc(-n4c5ccc(-c6cccc7c6c6ccccc6n7-c6ccccc6)cc5c5ncccc54)c3)c2)cc1. The average Bonchev–Trinajstić information content (AvgIpc) is 1.59. The van der Waals surface area contributed by atoms with Gasteiger partial charge in [-0.15, -0.1) is 0 Å². The predicted octanol–water partition coefficient (Wildman–Crippen LogP) is 26.7. The summed E-state index contributed by atoms with van der Waals surface area (Å²) < 4.78 is 9.44. The molecule has 0 aliphatic heterocycles. The Morgan fingerprint density at radius 1 is 0.170 bits per heavy atom. The largest absolute Gasteiger partial charge is 0.309 e. The van der Waals surface area contributed by atoms with Crippen LogP contribution in [0.25, 0.3) is 200 Å². The molecule has 22 rings (SSSR count). The maximum absolute atomic E-state index is 5.24. The molecule has 0 atom stereocenters. The van der Waals surface area contributed by atoms with Gasteiger partial charge in [0.1, 0.15) is 0 Å². The van der Waals surface area contributed by atoms with Gasteiger partial charge < -0.3 is 18.3 Å². The molecule has 0 saturated heterocycles. The lowest BCUT2D eigenvalue weighted by Gasteiger charge is -2.13. The molecule has 8 heteroatoms. The van der Waals surface area contributed by atoms with E-state index in [9.17, 15) is 0 Å². The van der Waals surface area contributed by atoms with E-state index in [0.29, 0.717) is 0 Å². The first-order valence-electron chi connectivity index (χ1n) is 38.0. The summed E-state index contributed by atoms with van der Waals surface area (Å²) in [5.41, 5.74) is 32.9. The Labute approximate surface area is 646 Å². The summed E-state index contributed by atoms with van der Waals surface area (Å²) >= 11 is 0. The Bertz CT molecular complexity index is 6790. The first-order chi connectivity index (χ1) is 55.6. The number of benzene rings is 14. The predicted molar refractivity (Wildman–Crippen MR) is 465 cm³/mol. The van der Waals surface area contributed by atoms with Crippen molar-refractivity contribution in [3.8, 4) is 112 Å². The van der Waals surface area contributed by atoms with Gasteiger partial charge in [0.2, 0.25) is 0 Å². The molecule has 524 valence electrons. The molecule has 0 bridgehead atoms. The molecule has 8 nitrogen and oxygen atoms in total. The van der Waals surface area contributed by atoms with Crippen LogP contribution < -0.4 is 0 Å². The van der Waals surface area contributed by atoms with Crippen molar-refractivity contribution in [2.24, 2.45) is 0 Å². The van der Waals surface area contributed by atoms with E-state index in [0.717, 1.165) is 145 Å². The molecule has 0 spiro atoms. The molecule has 8 aromatic heterocycles. The van der Waals surface area contributed by atoms with E-state index < -0.39 is 0 Å². The number of para-hydroxylation sites is 4. The van der Waals surface area contributed by atoms with Gasteiger partial charge in [0.15, 0.2) is 0 Å². The first kappa shape index (κ1) is 65.2. The highest BCUT2D eigenvalue weighted by molar-refractivity contribution is 6.19. The smallest absolute Gasteiger partial charge is 0.0963 e. The molecule has 14 aromatic carbocycles. The van der Waals surface area contributed by atoms with Gasteiger partial charge in [-0.1, -0.05) is 255 Å².